The van der Waals surface area contributed by atoms with Crippen molar-refractivity contribution < 1.29 is 61.6 Å². The Balaban J connectivity index is 0.000000944. The van der Waals surface area contributed by atoms with E-state index in [1.807, 2.05) is 36.4 Å². The van der Waals surface area contributed by atoms with E-state index in [0.29, 0.717) is 37.6 Å². The number of hydrogen-bond donors (Lipinski definition) is 4. The number of alkyl halides is 3. The van der Waals surface area contributed by atoms with E-state index in [1.54, 1.807) is 19.2 Å². The third-order valence-electron chi connectivity index (χ3n) is 7.81. The normalized spacial score (nSPS) is 16.1. The van der Waals surface area contributed by atoms with Gasteiger partial charge >= 0.3 is 29.9 Å². The lowest BCUT2D eigenvalue weighted by atomic mass is 9.97. The van der Waals surface area contributed by atoms with Gasteiger partial charge in [0.25, 0.3) is 5.91 Å². The fourth-order valence-corrected chi connectivity index (χ4v) is 5.01. The number of fused-ring (bicyclic) bond motifs is 1. The zero-order valence-corrected chi connectivity index (χ0v) is 28.4. The Bertz CT molecular complexity index is 1590. The van der Waals surface area contributed by atoms with Crippen LogP contribution in [0.4, 0.5) is 18.9 Å². The predicted octanol–water partition coefficient (Wildman–Crippen LogP) is 1.70. The minimum atomic E-state index is -5.08. The maximum Gasteiger partial charge on any atom is 0.490 e. The van der Waals surface area contributed by atoms with Crippen LogP contribution in [-0.2, 0) is 39.9 Å². The molecule has 4 rings (SSSR count). The molecule has 0 bridgehead atoms. The number of carbonyl (C=O) groups is 5. The predicted molar refractivity (Wildman–Crippen MR) is 179 cm³/mol. The summed E-state index contributed by atoms with van der Waals surface area (Å²) in [7, 11) is 1.61. The number of likely N-dealkylation sites (tertiary alicyclic amines) is 1. The van der Waals surface area contributed by atoms with Crippen molar-refractivity contribution in [3.8, 4) is 17.6 Å². The lowest BCUT2D eigenvalue weighted by Crippen LogP contribution is -2.53. The molecule has 0 aromatic heterocycles. The second kappa shape index (κ2) is 20.6. The topological polar surface area (TPSA) is 184 Å². The maximum absolute atomic E-state index is 13.2. The number of likely N-dealkylation sites (N-methyl/N-ethyl adjacent to an activating group) is 1. The van der Waals surface area contributed by atoms with Crippen molar-refractivity contribution in [2.75, 3.05) is 71.2 Å². The Hall–Kier alpha value is -5.18. The SMILES string of the molecule is CN1C(=O)[C@@H](NC(=O)C(=O)NCCc2ccccc2)COc2ccc(C#CC3CCN(CCOCCOCC(=O)O)CC3)cc21.O=C(O)C(F)(F)F. The summed E-state index contributed by atoms with van der Waals surface area (Å²) in [6, 6.07) is 14.0. The molecule has 2 aromatic carbocycles. The Morgan fingerprint density at radius 2 is 1.65 bits per heavy atom. The number of hydrogen-bond acceptors (Lipinski definition) is 9. The molecule has 0 radical (unpaired) electrons. The molecule has 3 amide bonds. The van der Waals surface area contributed by atoms with E-state index < -0.39 is 41.9 Å². The van der Waals surface area contributed by atoms with Gasteiger partial charge in [-0.1, -0.05) is 42.2 Å². The van der Waals surface area contributed by atoms with Crippen molar-refractivity contribution in [1.29, 1.82) is 0 Å². The number of carboxylic acids is 2. The first-order valence-electron chi connectivity index (χ1n) is 16.3. The number of carboxylic acid groups (broad SMARTS) is 2. The van der Waals surface area contributed by atoms with E-state index in [9.17, 15) is 32.3 Å². The molecular weight excluding hydrogens is 693 g/mol. The molecule has 14 nitrogen and oxygen atoms in total. The Labute approximate surface area is 298 Å². The Morgan fingerprint density at radius 3 is 2.31 bits per heavy atom. The van der Waals surface area contributed by atoms with Crippen molar-refractivity contribution in [1.82, 2.24) is 15.5 Å². The maximum atomic E-state index is 13.2. The quantitative estimate of drug-likeness (QED) is 0.142. The number of rotatable bonds is 12. The third-order valence-corrected chi connectivity index (χ3v) is 7.81. The average molecular weight is 735 g/mol. The fourth-order valence-electron chi connectivity index (χ4n) is 5.01. The summed E-state index contributed by atoms with van der Waals surface area (Å²) < 4.78 is 48.1. The minimum absolute atomic E-state index is 0.105. The average Bonchev–Trinajstić information content (AvgIpc) is 3.22. The number of carbonyl (C=O) groups excluding carboxylic acids is 3. The molecule has 2 aromatic rings. The van der Waals surface area contributed by atoms with Crippen LogP contribution >= 0.6 is 0 Å². The Morgan fingerprint density at radius 1 is 0.981 bits per heavy atom. The fraction of sp³-hybridized carbons (Fsp3) is 0.457. The smallest absolute Gasteiger partial charge is 0.489 e. The third kappa shape index (κ3) is 14.2. The molecule has 0 unspecified atom stereocenters. The number of aliphatic carboxylic acids is 2. The van der Waals surface area contributed by atoms with Crippen molar-refractivity contribution in [2.45, 2.75) is 31.5 Å². The summed E-state index contributed by atoms with van der Waals surface area (Å²) in [6.07, 6.45) is -2.63. The van der Waals surface area contributed by atoms with Crippen molar-refractivity contribution in [2.24, 2.45) is 5.92 Å². The van der Waals surface area contributed by atoms with Gasteiger partial charge < -0.3 is 44.9 Å². The van der Waals surface area contributed by atoms with Crippen LogP contribution in [0.2, 0.25) is 0 Å². The molecule has 1 fully saturated rings. The number of benzene rings is 2. The second-order valence-electron chi connectivity index (χ2n) is 11.7. The molecule has 4 N–H and O–H groups in total. The van der Waals surface area contributed by atoms with Gasteiger partial charge in [0.1, 0.15) is 25.0 Å². The minimum Gasteiger partial charge on any atom is -0.489 e. The summed E-state index contributed by atoms with van der Waals surface area (Å²) in [5, 5.41) is 20.8. The summed E-state index contributed by atoms with van der Waals surface area (Å²) in [4.78, 5) is 61.1. The van der Waals surface area contributed by atoms with Gasteiger partial charge in [-0.05, 0) is 56.1 Å². The number of ether oxygens (including phenoxy) is 3. The van der Waals surface area contributed by atoms with E-state index in [0.717, 1.165) is 43.6 Å². The van der Waals surface area contributed by atoms with Crippen LogP contribution in [0.15, 0.2) is 48.5 Å². The molecule has 1 saturated heterocycles. The lowest BCUT2D eigenvalue weighted by molar-refractivity contribution is -0.192. The summed E-state index contributed by atoms with van der Waals surface area (Å²) in [5.41, 5.74) is 2.33. The summed E-state index contributed by atoms with van der Waals surface area (Å²) in [6.45, 7) is 3.67. The molecule has 0 aliphatic carbocycles. The van der Waals surface area contributed by atoms with E-state index in [2.05, 4.69) is 27.4 Å². The highest BCUT2D eigenvalue weighted by atomic mass is 19.4. The van der Waals surface area contributed by atoms with Gasteiger partial charge in [-0.15, -0.1) is 0 Å². The van der Waals surface area contributed by atoms with Crippen molar-refractivity contribution in [3.63, 3.8) is 0 Å². The van der Waals surface area contributed by atoms with Gasteiger partial charge in [0.05, 0.1) is 25.5 Å². The number of nitrogens with one attached hydrogen (secondary N) is 2. The number of piperidine rings is 1. The summed E-state index contributed by atoms with van der Waals surface area (Å²) in [5.74, 6) is 1.50. The Kier molecular flexibility index (Phi) is 16.4. The van der Waals surface area contributed by atoms with Crippen LogP contribution in [0.1, 0.15) is 24.0 Å². The van der Waals surface area contributed by atoms with Crippen LogP contribution < -0.4 is 20.3 Å². The molecular formula is C35H41F3N4O10. The van der Waals surface area contributed by atoms with Gasteiger partial charge in [-0.2, -0.15) is 13.2 Å². The lowest BCUT2D eigenvalue weighted by Gasteiger charge is -2.29. The highest BCUT2D eigenvalue weighted by molar-refractivity contribution is 6.35. The number of nitrogens with zero attached hydrogens (tertiary/aromatic N) is 2. The molecule has 2 aliphatic rings. The first kappa shape index (κ1) is 41.2. The van der Waals surface area contributed by atoms with E-state index in [-0.39, 0.29) is 25.7 Å². The zero-order chi connectivity index (χ0) is 38.1. The van der Waals surface area contributed by atoms with Crippen LogP contribution in [0, 0.1) is 17.8 Å². The standard InChI is InChI=1S/C33H40N4O8.C2HF3O2/c1-36-28-21-26(8-7-25-12-15-37(16-13-25)17-18-43-19-20-44-23-30(38)39)9-10-29(28)45-22-27(33(36)42)35-32(41)31(40)34-14-11-24-5-3-2-4-6-24;3-2(4,5)1(6)7/h2-6,9-10,21,25,27H,11-20,22-23H2,1H3,(H,34,40)(H,35,41)(H,38,39);(H,6,7)/t27-;/m0./s1. The largest absolute Gasteiger partial charge is 0.490 e. The van der Waals surface area contributed by atoms with E-state index >= 15 is 0 Å². The molecule has 2 heterocycles. The first-order chi connectivity index (χ1) is 24.7. The van der Waals surface area contributed by atoms with E-state index in [1.165, 1.54) is 4.90 Å². The van der Waals surface area contributed by atoms with Crippen LogP contribution in [0.5, 0.6) is 5.75 Å². The number of amides is 3. The summed E-state index contributed by atoms with van der Waals surface area (Å²) >= 11 is 0. The highest BCUT2D eigenvalue weighted by Gasteiger charge is 2.38. The molecule has 0 spiro atoms. The van der Waals surface area contributed by atoms with Gasteiger partial charge in [0.15, 0.2) is 0 Å². The number of halogens is 3. The molecule has 17 heteroatoms. The molecule has 282 valence electrons. The van der Waals surface area contributed by atoms with Crippen LogP contribution in [0.3, 0.4) is 0 Å². The first-order valence-corrected chi connectivity index (χ1v) is 16.3. The van der Waals surface area contributed by atoms with Gasteiger partial charge in [-0.3, -0.25) is 14.4 Å². The van der Waals surface area contributed by atoms with Crippen molar-refractivity contribution in [3.05, 3.63) is 59.7 Å². The molecule has 1 atom stereocenters. The zero-order valence-electron chi connectivity index (χ0n) is 28.4. The second-order valence-corrected chi connectivity index (χ2v) is 11.7. The van der Waals surface area contributed by atoms with Crippen LogP contribution in [-0.4, -0.2) is 123 Å². The van der Waals surface area contributed by atoms with Gasteiger partial charge in [0.2, 0.25) is 0 Å². The van der Waals surface area contributed by atoms with Gasteiger partial charge in [0, 0.05) is 31.6 Å². The molecule has 2 aliphatic heterocycles. The van der Waals surface area contributed by atoms with Crippen molar-refractivity contribution >= 4 is 35.3 Å². The number of anilines is 1. The molecule has 0 saturated carbocycles. The highest BCUT2D eigenvalue weighted by Crippen LogP contribution is 2.31. The van der Waals surface area contributed by atoms with E-state index in [4.69, 9.17) is 29.2 Å². The monoisotopic (exact) mass is 734 g/mol. The van der Waals surface area contributed by atoms with Crippen LogP contribution in [0.25, 0.3) is 0 Å². The molecule has 52 heavy (non-hydrogen) atoms. The van der Waals surface area contributed by atoms with Gasteiger partial charge in [-0.25, -0.2) is 9.59 Å².